The normalized spacial score (nSPS) is 21.3. The van der Waals surface area contributed by atoms with Gasteiger partial charge in [0.05, 0.1) is 0 Å². The molecule has 1 N–H and O–H groups in total. The summed E-state index contributed by atoms with van der Waals surface area (Å²) in [5.41, 5.74) is 0. The van der Waals surface area contributed by atoms with Crippen LogP contribution in [-0.2, 0) is 17.4 Å². The summed E-state index contributed by atoms with van der Waals surface area (Å²) in [6.45, 7) is 2.32. The fourth-order valence-corrected chi connectivity index (χ4v) is 2.25. The molecule has 1 aromatic rings. The highest BCUT2D eigenvalue weighted by Crippen LogP contribution is 2.42. The molecule has 1 aromatic heterocycles. The molecule has 1 aliphatic rings. The van der Waals surface area contributed by atoms with Crippen molar-refractivity contribution in [1.82, 2.24) is 15.5 Å². The smallest absolute Gasteiger partial charge is 0.355 e. The minimum atomic E-state index is -4.63. The van der Waals surface area contributed by atoms with Gasteiger partial charge in [0.2, 0.25) is 5.91 Å². The maximum absolute atomic E-state index is 12.2. The van der Waals surface area contributed by atoms with Crippen molar-refractivity contribution in [2.24, 2.45) is 11.8 Å². The molecule has 21 heavy (non-hydrogen) atoms. The Morgan fingerprint density at radius 3 is 2.86 bits per heavy atom. The van der Waals surface area contributed by atoms with Gasteiger partial charge < -0.3 is 9.84 Å². The first kappa shape index (κ1) is 15.8. The summed E-state index contributed by atoms with van der Waals surface area (Å²) in [5, 5.41) is 5.94. The zero-order chi connectivity index (χ0) is 15.5. The highest BCUT2D eigenvalue weighted by Gasteiger charge is 2.42. The quantitative estimate of drug-likeness (QED) is 0.840. The minimum absolute atomic E-state index is 0.0318. The van der Waals surface area contributed by atoms with Crippen molar-refractivity contribution >= 4 is 5.91 Å². The monoisotopic (exact) mass is 305 g/mol. The molecule has 1 amide bonds. The number of carbonyl (C=O) groups excluding carboxylic acids is 1. The van der Waals surface area contributed by atoms with Crippen molar-refractivity contribution in [2.45, 2.75) is 45.2 Å². The Hall–Kier alpha value is -1.60. The van der Waals surface area contributed by atoms with Gasteiger partial charge in [-0.2, -0.15) is 18.2 Å². The zero-order valence-corrected chi connectivity index (χ0v) is 11.7. The molecule has 2 atom stereocenters. The first-order valence-electron chi connectivity index (χ1n) is 7.09. The van der Waals surface area contributed by atoms with Crippen LogP contribution in [0.2, 0.25) is 0 Å². The molecule has 1 heterocycles. The Labute approximate surface area is 120 Å². The second-order valence-electron chi connectivity index (χ2n) is 5.30. The van der Waals surface area contributed by atoms with Gasteiger partial charge in [0, 0.05) is 18.9 Å². The number of carbonyl (C=O) groups is 1. The molecule has 1 fully saturated rings. The number of aromatic nitrogens is 2. The fourth-order valence-electron chi connectivity index (χ4n) is 2.25. The summed E-state index contributed by atoms with van der Waals surface area (Å²) in [6.07, 6.45) is -0.297. The van der Waals surface area contributed by atoms with E-state index in [4.69, 9.17) is 0 Å². The van der Waals surface area contributed by atoms with Gasteiger partial charge in [-0.25, -0.2) is 0 Å². The van der Waals surface area contributed by atoms with Crippen LogP contribution in [0.3, 0.4) is 0 Å². The van der Waals surface area contributed by atoms with E-state index >= 15 is 0 Å². The van der Waals surface area contributed by atoms with E-state index in [0.29, 0.717) is 5.92 Å². The third kappa shape index (κ3) is 4.44. The molecule has 0 radical (unpaired) electrons. The topological polar surface area (TPSA) is 68.0 Å². The Balaban J connectivity index is 1.68. The highest BCUT2D eigenvalue weighted by atomic mass is 19.4. The van der Waals surface area contributed by atoms with Gasteiger partial charge in [-0.05, 0) is 18.8 Å². The van der Waals surface area contributed by atoms with Crippen LogP contribution in [0, 0.1) is 11.8 Å². The number of hydrogen-bond donors (Lipinski definition) is 1. The van der Waals surface area contributed by atoms with Crippen LogP contribution in [0.4, 0.5) is 13.2 Å². The number of alkyl halides is 3. The number of amides is 1. The highest BCUT2D eigenvalue weighted by molar-refractivity contribution is 5.81. The molecule has 0 spiro atoms. The van der Waals surface area contributed by atoms with E-state index in [1.165, 1.54) is 0 Å². The molecule has 118 valence electrons. The van der Waals surface area contributed by atoms with Crippen LogP contribution in [0.1, 0.15) is 44.3 Å². The standard InChI is InChI=1S/C13H18F3N3O2/c1-2-3-4-8-7-9(8)11(20)17-6-5-10-18-12(21-19-10)13(14,15)16/h8-9H,2-7H2,1H3,(H,17,20)/t8-,9+/m1/s1. The molecule has 8 heteroatoms. The van der Waals surface area contributed by atoms with Crippen molar-refractivity contribution in [2.75, 3.05) is 6.54 Å². The van der Waals surface area contributed by atoms with E-state index in [1.807, 2.05) is 0 Å². The van der Waals surface area contributed by atoms with E-state index in [2.05, 4.69) is 26.9 Å². The summed E-state index contributed by atoms with van der Waals surface area (Å²) < 4.78 is 40.8. The van der Waals surface area contributed by atoms with Crippen LogP contribution in [0.5, 0.6) is 0 Å². The van der Waals surface area contributed by atoms with Gasteiger partial charge in [-0.3, -0.25) is 4.79 Å². The molecule has 0 aliphatic heterocycles. The summed E-state index contributed by atoms with van der Waals surface area (Å²) in [6, 6.07) is 0. The van der Waals surface area contributed by atoms with Crippen LogP contribution in [0.15, 0.2) is 4.52 Å². The second-order valence-corrected chi connectivity index (χ2v) is 5.30. The molecule has 0 bridgehead atoms. The first-order valence-corrected chi connectivity index (χ1v) is 7.09. The Bertz CT molecular complexity index is 487. The van der Waals surface area contributed by atoms with E-state index in [-0.39, 0.29) is 30.6 Å². The van der Waals surface area contributed by atoms with Crippen molar-refractivity contribution in [1.29, 1.82) is 0 Å². The van der Waals surface area contributed by atoms with Gasteiger partial charge in [0.25, 0.3) is 0 Å². The average molecular weight is 305 g/mol. The predicted molar refractivity (Wildman–Crippen MR) is 67.1 cm³/mol. The largest absolute Gasteiger partial charge is 0.471 e. The van der Waals surface area contributed by atoms with Crippen LogP contribution < -0.4 is 5.32 Å². The van der Waals surface area contributed by atoms with E-state index < -0.39 is 12.1 Å². The second kappa shape index (κ2) is 6.44. The zero-order valence-electron chi connectivity index (χ0n) is 11.7. The van der Waals surface area contributed by atoms with Crippen LogP contribution in [0.25, 0.3) is 0 Å². The van der Waals surface area contributed by atoms with E-state index in [1.54, 1.807) is 0 Å². The molecule has 0 unspecified atom stereocenters. The number of nitrogens with zero attached hydrogens (tertiary/aromatic N) is 2. The lowest BCUT2D eigenvalue weighted by atomic mass is 10.1. The number of nitrogens with one attached hydrogen (secondary N) is 1. The molecule has 1 saturated carbocycles. The van der Waals surface area contributed by atoms with E-state index in [9.17, 15) is 18.0 Å². The summed E-state index contributed by atoms with van der Waals surface area (Å²) in [4.78, 5) is 15.0. The Kier molecular flexibility index (Phi) is 4.84. The molecule has 1 aliphatic carbocycles. The van der Waals surface area contributed by atoms with Gasteiger partial charge >= 0.3 is 12.1 Å². The molecular weight excluding hydrogens is 287 g/mol. The van der Waals surface area contributed by atoms with Crippen molar-refractivity contribution in [3.05, 3.63) is 11.7 Å². The third-order valence-corrected chi connectivity index (χ3v) is 3.55. The van der Waals surface area contributed by atoms with E-state index in [0.717, 1.165) is 25.7 Å². The molecule has 5 nitrogen and oxygen atoms in total. The van der Waals surface area contributed by atoms with Gasteiger partial charge in [-0.1, -0.05) is 24.9 Å². The number of unbranched alkanes of at least 4 members (excludes halogenated alkanes) is 1. The maximum atomic E-state index is 12.2. The average Bonchev–Trinajstić information content (AvgIpc) is 3.03. The van der Waals surface area contributed by atoms with Crippen molar-refractivity contribution in [3.63, 3.8) is 0 Å². The lowest BCUT2D eigenvalue weighted by Gasteiger charge is -2.02. The van der Waals surface area contributed by atoms with Gasteiger partial charge in [0.1, 0.15) is 0 Å². The summed E-state index contributed by atoms with van der Waals surface area (Å²) >= 11 is 0. The van der Waals surface area contributed by atoms with Gasteiger partial charge in [0.15, 0.2) is 5.82 Å². The lowest BCUT2D eigenvalue weighted by Crippen LogP contribution is -2.28. The number of hydrogen-bond acceptors (Lipinski definition) is 4. The SMILES string of the molecule is CCCC[C@@H]1C[C@@H]1C(=O)NCCc1noc(C(F)(F)F)n1. The first-order chi connectivity index (χ1) is 9.91. The summed E-state index contributed by atoms with van der Waals surface area (Å²) in [7, 11) is 0. The summed E-state index contributed by atoms with van der Waals surface area (Å²) in [5.74, 6) is -0.915. The molecule has 0 saturated heterocycles. The number of halogens is 3. The maximum Gasteiger partial charge on any atom is 0.471 e. The Morgan fingerprint density at radius 1 is 1.48 bits per heavy atom. The minimum Gasteiger partial charge on any atom is -0.355 e. The van der Waals surface area contributed by atoms with Crippen molar-refractivity contribution < 1.29 is 22.5 Å². The number of rotatable bonds is 7. The lowest BCUT2D eigenvalue weighted by molar-refractivity contribution is -0.159. The molecule has 2 rings (SSSR count). The van der Waals surface area contributed by atoms with Crippen LogP contribution in [-0.4, -0.2) is 22.6 Å². The molecular formula is C13H18F3N3O2. The van der Waals surface area contributed by atoms with Gasteiger partial charge in [-0.15, -0.1) is 0 Å². The molecule has 0 aromatic carbocycles. The predicted octanol–water partition coefficient (Wildman–Crippen LogP) is 2.57. The Morgan fingerprint density at radius 2 is 2.24 bits per heavy atom. The van der Waals surface area contributed by atoms with Crippen LogP contribution >= 0.6 is 0 Å². The fraction of sp³-hybridized carbons (Fsp3) is 0.769. The van der Waals surface area contributed by atoms with Crippen molar-refractivity contribution in [3.8, 4) is 0 Å². The third-order valence-electron chi connectivity index (χ3n) is 3.55.